The van der Waals surface area contributed by atoms with Crippen LogP contribution in [-0.4, -0.2) is 25.8 Å². The lowest BCUT2D eigenvalue weighted by Gasteiger charge is -2.10. The monoisotopic (exact) mass is 374 g/mol. The largest absolute Gasteiger partial charge is 0.497 e. The van der Waals surface area contributed by atoms with Gasteiger partial charge in [0.05, 0.1) is 14.2 Å². The molecular weight excluding hydrogens is 352 g/mol. The summed E-state index contributed by atoms with van der Waals surface area (Å²) in [6, 6.07) is 14.7. The van der Waals surface area contributed by atoms with E-state index in [0.717, 1.165) is 22.6 Å². The number of benzene rings is 2. The maximum absolute atomic E-state index is 12.8. The fourth-order valence-electron chi connectivity index (χ4n) is 2.95. The van der Waals surface area contributed by atoms with Crippen molar-refractivity contribution in [2.24, 2.45) is 0 Å². The molecule has 0 aliphatic heterocycles. The van der Waals surface area contributed by atoms with Crippen LogP contribution in [0.25, 0.3) is 12.2 Å². The van der Waals surface area contributed by atoms with E-state index in [2.05, 4.69) is 0 Å². The fourth-order valence-corrected chi connectivity index (χ4v) is 2.95. The van der Waals surface area contributed by atoms with Gasteiger partial charge in [0.15, 0.2) is 0 Å². The van der Waals surface area contributed by atoms with Crippen LogP contribution in [0.5, 0.6) is 11.5 Å². The quantitative estimate of drug-likeness (QED) is 0.444. The van der Waals surface area contributed by atoms with Gasteiger partial charge in [0.2, 0.25) is 11.6 Å². The molecule has 3 rings (SSSR count). The summed E-state index contributed by atoms with van der Waals surface area (Å²) in [5, 5.41) is 0. The van der Waals surface area contributed by atoms with Crippen molar-refractivity contribution in [3.05, 3.63) is 83.0 Å². The number of methoxy groups -OCH3 is 2. The minimum atomic E-state index is -0.458. The summed E-state index contributed by atoms with van der Waals surface area (Å²) in [6.45, 7) is 0. The van der Waals surface area contributed by atoms with Gasteiger partial charge in [0, 0.05) is 11.1 Å². The van der Waals surface area contributed by atoms with Gasteiger partial charge < -0.3 is 9.47 Å². The van der Waals surface area contributed by atoms with Crippen molar-refractivity contribution in [2.75, 3.05) is 14.2 Å². The van der Waals surface area contributed by atoms with Crippen LogP contribution in [0.2, 0.25) is 0 Å². The SMILES string of the molecule is COc1ccc(/C=C2/C/C=C\C/C(=C/c3ccc(OC)cc3)C(=O)C2=O)cc1. The number of hydrogen-bond acceptors (Lipinski definition) is 4. The van der Waals surface area contributed by atoms with Gasteiger partial charge in [-0.1, -0.05) is 36.4 Å². The molecule has 142 valence electrons. The van der Waals surface area contributed by atoms with E-state index in [1.165, 1.54) is 0 Å². The Morgan fingerprint density at radius 2 is 1.00 bits per heavy atom. The average Bonchev–Trinajstić information content (AvgIpc) is 2.74. The van der Waals surface area contributed by atoms with E-state index in [4.69, 9.17) is 9.47 Å². The predicted octanol–water partition coefficient (Wildman–Crippen LogP) is 4.66. The lowest BCUT2D eigenvalue weighted by Crippen LogP contribution is -2.19. The van der Waals surface area contributed by atoms with Gasteiger partial charge in [0.1, 0.15) is 11.5 Å². The summed E-state index contributed by atoms with van der Waals surface area (Å²) in [4.78, 5) is 25.6. The lowest BCUT2D eigenvalue weighted by atomic mass is 9.92. The number of ketones is 2. The number of allylic oxidation sites excluding steroid dienone is 4. The Bertz CT molecular complexity index is 866. The summed E-state index contributed by atoms with van der Waals surface area (Å²) >= 11 is 0. The zero-order valence-electron chi connectivity index (χ0n) is 16.0. The maximum Gasteiger partial charge on any atom is 0.229 e. The van der Waals surface area contributed by atoms with Crippen LogP contribution in [-0.2, 0) is 9.59 Å². The van der Waals surface area contributed by atoms with Gasteiger partial charge in [-0.05, 0) is 60.4 Å². The molecule has 0 unspecified atom stereocenters. The molecule has 0 saturated heterocycles. The van der Waals surface area contributed by atoms with E-state index in [1.807, 2.05) is 60.7 Å². The number of rotatable bonds is 4. The molecule has 0 bridgehead atoms. The molecule has 28 heavy (non-hydrogen) atoms. The Morgan fingerprint density at radius 1 is 0.643 bits per heavy atom. The first-order valence-corrected chi connectivity index (χ1v) is 9.04. The van der Waals surface area contributed by atoms with Gasteiger partial charge >= 0.3 is 0 Å². The van der Waals surface area contributed by atoms with Crippen molar-refractivity contribution >= 4 is 23.7 Å². The van der Waals surface area contributed by atoms with Crippen molar-refractivity contribution in [1.29, 1.82) is 0 Å². The molecule has 0 fully saturated rings. The lowest BCUT2D eigenvalue weighted by molar-refractivity contribution is -0.132. The third-order valence-corrected chi connectivity index (χ3v) is 4.55. The van der Waals surface area contributed by atoms with E-state index in [-0.39, 0.29) is 0 Å². The summed E-state index contributed by atoms with van der Waals surface area (Å²) in [5.41, 5.74) is 2.66. The molecule has 0 heterocycles. The van der Waals surface area contributed by atoms with Gasteiger partial charge in [-0.25, -0.2) is 0 Å². The smallest absolute Gasteiger partial charge is 0.229 e. The third kappa shape index (κ3) is 4.65. The second-order valence-corrected chi connectivity index (χ2v) is 6.42. The van der Waals surface area contributed by atoms with Gasteiger partial charge in [-0.3, -0.25) is 9.59 Å². The maximum atomic E-state index is 12.8. The molecule has 4 heteroatoms. The van der Waals surface area contributed by atoms with Crippen molar-refractivity contribution in [3.8, 4) is 11.5 Å². The van der Waals surface area contributed by atoms with Crippen LogP contribution in [0.3, 0.4) is 0 Å². The number of ether oxygens (including phenoxy) is 2. The Balaban J connectivity index is 1.87. The number of carbonyl (C=O) groups is 2. The predicted molar refractivity (Wildman–Crippen MR) is 110 cm³/mol. The Labute approximate surface area is 164 Å². The Kier molecular flexibility index (Phi) is 6.22. The summed E-state index contributed by atoms with van der Waals surface area (Å²) < 4.78 is 10.3. The standard InChI is InChI=1S/C24H22O4/c1-27-21-11-7-17(8-12-21)15-19-5-3-4-6-20(24(26)23(19)25)16-18-9-13-22(28-2)14-10-18/h3-4,7-16H,5-6H2,1-2H3/b4-3-,19-15-,20-16-. The van der Waals surface area contributed by atoms with Crippen LogP contribution < -0.4 is 9.47 Å². The molecule has 2 aromatic rings. The molecular formula is C24H22O4. The normalized spacial score (nSPS) is 18.6. The molecule has 0 radical (unpaired) electrons. The van der Waals surface area contributed by atoms with Gasteiger partial charge in [0.25, 0.3) is 0 Å². The van der Waals surface area contributed by atoms with Crippen molar-refractivity contribution < 1.29 is 19.1 Å². The highest BCUT2D eigenvalue weighted by molar-refractivity contribution is 6.50. The minimum absolute atomic E-state index is 0.437. The zero-order valence-corrected chi connectivity index (χ0v) is 16.0. The third-order valence-electron chi connectivity index (χ3n) is 4.55. The minimum Gasteiger partial charge on any atom is -0.497 e. The fraction of sp³-hybridized carbons (Fsp3) is 0.167. The van der Waals surface area contributed by atoms with Crippen LogP contribution in [0.1, 0.15) is 24.0 Å². The van der Waals surface area contributed by atoms with Crippen molar-refractivity contribution in [1.82, 2.24) is 0 Å². The summed E-state index contributed by atoms with van der Waals surface area (Å²) in [5.74, 6) is 0.568. The molecule has 1 aliphatic rings. The molecule has 0 aromatic heterocycles. The van der Waals surface area contributed by atoms with Crippen molar-refractivity contribution in [3.63, 3.8) is 0 Å². The first kappa shape index (κ1) is 19.4. The number of Topliss-reactive ketones (excluding diaryl/α,β-unsaturated/α-hetero) is 2. The van der Waals surface area contributed by atoms with Crippen molar-refractivity contribution in [2.45, 2.75) is 12.8 Å². The second-order valence-electron chi connectivity index (χ2n) is 6.42. The molecule has 0 spiro atoms. The van der Waals surface area contributed by atoms with Crippen LogP contribution in [0.4, 0.5) is 0 Å². The first-order valence-electron chi connectivity index (χ1n) is 9.04. The Morgan fingerprint density at radius 3 is 1.32 bits per heavy atom. The van der Waals surface area contributed by atoms with E-state index < -0.39 is 11.6 Å². The van der Waals surface area contributed by atoms with Crippen LogP contribution >= 0.6 is 0 Å². The van der Waals surface area contributed by atoms with Gasteiger partial charge in [-0.15, -0.1) is 0 Å². The highest BCUT2D eigenvalue weighted by atomic mass is 16.5. The molecule has 0 N–H and O–H groups in total. The summed E-state index contributed by atoms with van der Waals surface area (Å²) in [7, 11) is 3.21. The van der Waals surface area contributed by atoms with E-state index in [9.17, 15) is 9.59 Å². The first-order chi connectivity index (χ1) is 13.6. The topological polar surface area (TPSA) is 52.6 Å². The van der Waals surface area contributed by atoms with Crippen LogP contribution in [0.15, 0.2) is 71.8 Å². The molecule has 4 nitrogen and oxygen atoms in total. The highest BCUT2D eigenvalue weighted by Crippen LogP contribution is 2.22. The van der Waals surface area contributed by atoms with E-state index in [0.29, 0.717) is 24.0 Å². The Hall–Kier alpha value is -3.40. The van der Waals surface area contributed by atoms with E-state index >= 15 is 0 Å². The van der Waals surface area contributed by atoms with E-state index in [1.54, 1.807) is 26.4 Å². The molecule has 1 aliphatic carbocycles. The highest BCUT2D eigenvalue weighted by Gasteiger charge is 2.23. The van der Waals surface area contributed by atoms with Crippen LogP contribution in [0, 0.1) is 0 Å². The molecule has 0 atom stereocenters. The second kappa shape index (κ2) is 9.00. The molecule has 2 aromatic carbocycles. The number of hydrogen-bond donors (Lipinski definition) is 0. The molecule has 0 amide bonds. The number of carbonyl (C=O) groups excluding carboxylic acids is 2. The average molecular weight is 374 g/mol. The summed E-state index contributed by atoms with van der Waals surface area (Å²) in [6.07, 6.45) is 8.27. The van der Waals surface area contributed by atoms with Gasteiger partial charge in [-0.2, -0.15) is 0 Å². The zero-order chi connectivity index (χ0) is 19.9. The molecule has 0 saturated carbocycles.